The standard InChI is InChI=1S/C28H26F3NO/c1-2-3-4-15-33-23-11-14-27(32-18-23)22-10-12-24-21(17-22)9-8-20(28(24)31)7-5-19-6-13-25(29)26(30)16-19/h6,8-14,16-18H,2-5,7,15H2,1H3. The van der Waals surface area contributed by atoms with E-state index >= 15 is 4.39 Å². The molecular formula is C28H26F3NO. The summed E-state index contributed by atoms with van der Waals surface area (Å²) in [4.78, 5) is 4.49. The van der Waals surface area contributed by atoms with Crippen LogP contribution in [-0.2, 0) is 12.8 Å². The van der Waals surface area contributed by atoms with E-state index in [0.29, 0.717) is 36.0 Å². The van der Waals surface area contributed by atoms with Crippen LogP contribution in [0.3, 0.4) is 0 Å². The monoisotopic (exact) mass is 449 g/mol. The largest absolute Gasteiger partial charge is 0.492 e. The Morgan fingerprint density at radius 2 is 1.70 bits per heavy atom. The minimum Gasteiger partial charge on any atom is -0.492 e. The Hall–Kier alpha value is -3.34. The number of rotatable bonds is 9. The van der Waals surface area contributed by atoms with Crippen molar-refractivity contribution in [1.29, 1.82) is 0 Å². The number of hydrogen-bond donors (Lipinski definition) is 0. The van der Waals surface area contributed by atoms with Gasteiger partial charge in [-0.2, -0.15) is 0 Å². The molecule has 2 nitrogen and oxygen atoms in total. The van der Waals surface area contributed by atoms with Gasteiger partial charge < -0.3 is 4.74 Å². The summed E-state index contributed by atoms with van der Waals surface area (Å²) in [6, 6.07) is 16.8. The minimum atomic E-state index is -0.885. The molecule has 0 aliphatic rings. The number of hydrogen-bond acceptors (Lipinski definition) is 2. The van der Waals surface area contributed by atoms with Crippen LogP contribution in [-0.4, -0.2) is 11.6 Å². The number of halogens is 3. The molecule has 0 unspecified atom stereocenters. The van der Waals surface area contributed by atoms with E-state index in [1.165, 1.54) is 6.07 Å². The summed E-state index contributed by atoms with van der Waals surface area (Å²) in [5.41, 5.74) is 2.87. The maximum absolute atomic E-state index is 15.1. The van der Waals surface area contributed by atoms with Crippen LogP contribution in [0, 0.1) is 17.5 Å². The van der Waals surface area contributed by atoms with Crippen LogP contribution in [0.2, 0.25) is 0 Å². The van der Waals surface area contributed by atoms with E-state index in [2.05, 4.69) is 11.9 Å². The van der Waals surface area contributed by atoms with Gasteiger partial charge in [0.15, 0.2) is 11.6 Å². The molecule has 0 radical (unpaired) electrons. The predicted octanol–water partition coefficient (Wildman–Crippen LogP) is 7.67. The molecule has 0 atom stereocenters. The van der Waals surface area contributed by atoms with Crippen LogP contribution in [0.15, 0.2) is 66.9 Å². The summed E-state index contributed by atoms with van der Waals surface area (Å²) in [7, 11) is 0. The van der Waals surface area contributed by atoms with Crippen molar-refractivity contribution in [2.75, 3.05) is 6.61 Å². The first-order chi connectivity index (χ1) is 16.0. The van der Waals surface area contributed by atoms with Crippen LogP contribution in [0.1, 0.15) is 37.3 Å². The lowest BCUT2D eigenvalue weighted by atomic mass is 9.98. The molecule has 0 saturated heterocycles. The minimum absolute atomic E-state index is 0.287. The Labute approximate surface area is 192 Å². The van der Waals surface area contributed by atoms with Gasteiger partial charge in [0.25, 0.3) is 0 Å². The number of aryl methyl sites for hydroxylation is 2. The van der Waals surface area contributed by atoms with Gasteiger partial charge in [-0.1, -0.05) is 50.1 Å². The SMILES string of the molecule is CCCCCOc1ccc(-c2ccc3c(F)c(CCc4ccc(F)c(F)c4)ccc3c2)nc1. The van der Waals surface area contributed by atoms with E-state index in [9.17, 15) is 8.78 Å². The summed E-state index contributed by atoms with van der Waals surface area (Å²) in [6.45, 7) is 2.84. The molecule has 0 amide bonds. The van der Waals surface area contributed by atoms with Gasteiger partial charge in [-0.3, -0.25) is 4.98 Å². The molecule has 0 aliphatic heterocycles. The molecule has 0 bridgehead atoms. The third kappa shape index (κ3) is 5.54. The van der Waals surface area contributed by atoms with Crippen molar-refractivity contribution in [1.82, 2.24) is 4.98 Å². The topological polar surface area (TPSA) is 22.1 Å². The molecule has 0 fully saturated rings. The molecule has 5 heteroatoms. The van der Waals surface area contributed by atoms with E-state index in [1.807, 2.05) is 30.3 Å². The van der Waals surface area contributed by atoms with Crippen LogP contribution >= 0.6 is 0 Å². The predicted molar refractivity (Wildman–Crippen MR) is 126 cm³/mol. The normalized spacial score (nSPS) is 11.2. The first kappa shape index (κ1) is 22.8. The summed E-state index contributed by atoms with van der Waals surface area (Å²) in [6.07, 6.45) is 5.86. The Morgan fingerprint density at radius 1 is 0.818 bits per heavy atom. The maximum atomic E-state index is 15.1. The molecule has 4 aromatic rings. The Bertz CT molecular complexity index is 1240. The fourth-order valence-electron chi connectivity index (χ4n) is 3.84. The number of fused-ring (bicyclic) bond motifs is 1. The van der Waals surface area contributed by atoms with Crippen molar-refractivity contribution in [3.63, 3.8) is 0 Å². The number of nitrogens with zero attached hydrogens (tertiary/aromatic N) is 1. The fourth-order valence-corrected chi connectivity index (χ4v) is 3.84. The second kappa shape index (κ2) is 10.5. The quantitative estimate of drug-likeness (QED) is 0.245. The molecule has 1 aromatic heterocycles. The summed E-state index contributed by atoms with van der Waals surface area (Å²) >= 11 is 0. The molecule has 0 spiro atoms. The maximum Gasteiger partial charge on any atom is 0.159 e. The van der Waals surface area contributed by atoms with Crippen molar-refractivity contribution >= 4 is 10.8 Å². The van der Waals surface area contributed by atoms with E-state index in [1.54, 1.807) is 18.3 Å². The van der Waals surface area contributed by atoms with Crippen LogP contribution in [0.5, 0.6) is 5.75 Å². The average molecular weight is 450 g/mol. The zero-order valence-corrected chi connectivity index (χ0v) is 18.6. The fraction of sp³-hybridized carbons (Fsp3) is 0.250. The molecule has 1 heterocycles. The smallest absolute Gasteiger partial charge is 0.159 e. The van der Waals surface area contributed by atoms with Crippen LogP contribution in [0.4, 0.5) is 13.2 Å². The van der Waals surface area contributed by atoms with Gasteiger partial charge in [0.2, 0.25) is 0 Å². The number of pyridine rings is 1. The molecule has 33 heavy (non-hydrogen) atoms. The third-order valence-corrected chi connectivity index (χ3v) is 5.75. The highest BCUT2D eigenvalue weighted by atomic mass is 19.2. The molecular weight excluding hydrogens is 423 g/mol. The Kier molecular flexibility index (Phi) is 7.28. The third-order valence-electron chi connectivity index (χ3n) is 5.75. The van der Waals surface area contributed by atoms with Crippen molar-refractivity contribution in [2.45, 2.75) is 39.0 Å². The Balaban J connectivity index is 1.47. The van der Waals surface area contributed by atoms with E-state index < -0.39 is 11.6 Å². The number of aromatic nitrogens is 1. The summed E-state index contributed by atoms with van der Waals surface area (Å²) < 4.78 is 47.3. The molecule has 170 valence electrons. The van der Waals surface area contributed by atoms with Gasteiger partial charge in [0.1, 0.15) is 11.6 Å². The molecule has 4 rings (SSSR count). The Morgan fingerprint density at radius 3 is 2.45 bits per heavy atom. The highest BCUT2D eigenvalue weighted by Gasteiger charge is 2.11. The van der Waals surface area contributed by atoms with Gasteiger partial charge >= 0.3 is 0 Å². The second-order valence-corrected chi connectivity index (χ2v) is 8.16. The van der Waals surface area contributed by atoms with Gasteiger partial charge in [-0.25, -0.2) is 13.2 Å². The highest BCUT2D eigenvalue weighted by molar-refractivity contribution is 5.88. The van der Waals surface area contributed by atoms with Gasteiger partial charge in [-0.15, -0.1) is 0 Å². The van der Waals surface area contributed by atoms with E-state index in [0.717, 1.165) is 53.8 Å². The van der Waals surface area contributed by atoms with Gasteiger partial charge in [-0.05, 0) is 66.1 Å². The van der Waals surface area contributed by atoms with Crippen molar-refractivity contribution in [3.05, 3.63) is 95.4 Å². The van der Waals surface area contributed by atoms with Crippen molar-refractivity contribution < 1.29 is 17.9 Å². The van der Waals surface area contributed by atoms with Gasteiger partial charge in [0.05, 0.1) is 18.5 Å². The molecule has 0 saturated carbocycles. The second-order valence-electron chi connectivity index (χ2n) is 8.16. The lowest BCUT2D eigenvalue weighted by Gasteiger charge is -2.10. The number of unbranched alkanes of at least 4 members (excludes halogenated alkanes) is 2. The molecule has 3 aromatic carbocycles. The molecule has 0 aliphatic carbocycles. The lowest BCUT2D eigenvalue weighted by molar-refractivity contribution is 0.305. The van der Waals surface area contributed by atoms with E-state index in [-0.39, 0.29) is 5.82 Å². The average Bonchev–Trinajstić information content (AvgIpc) is 2.84. The first-order valence-corrected chi connectivity index (χ1v) is 11.3. The number of ether oxygens (including phenoxy) is 1. The van der Waals surface area contributed by atoms with Crippen LogP contribution in [0.25, 0.3) is 22.0 Å². The van der Waals surface area contributed by atoms with Gasteiger partial charge in [0, 0.05) is 10.9 Å². The zero-order chi connectivity index (χ0) is 23.2. The van der Waals surface area contributed by atoms with Crippen molar-refractivity contribution in [3.8, 4) is 17.0 Å². The van der Waals surface area contributed by atoms with Crippen molar-refractivity contribution in [2.24, 2.45) is 0 Å². The first-order valence-electron chi connectivity index (χ1n) is 11.3. The molecule has 0 N–H and O–H groups in total. The van der Waals surface area contributed by atoms with Crippen LogP contribution < -0.4 is 4.74 Å². The highest BCUT2D eigenvalue weighted by Crippen LogP contribution is 2.28. The van der Waals surface area contributed by atoms with E-state index in [4.69, 9.17) is 4.74 Å². The summed E-state index contributed by atoms with van der Waals surface area (Å²) in [5.74, 6) is -1.31. The summed E-state index contributed by atoms with van der Waals surface area (Å²) in [5, 5.41) is 1.31. The lowest BCUT2D eigenvalue weighted by Crippen LogP contribution is -1.98. The zero-order valence-electron chi connectivity index (χ0n) is 18.6. The number of benzene rings is 3.